The number of carbonyl (C=O) groups is 2. The lowest BCUT2D eigenvalue weighted by Crippen LogP contribution is -2.24. The predicted molar refractivity (Wildman–Crippen MR) is 87.7 cm³/mol. The predicted octanol–water partition coefficient (Wildman–Crippen LogP) is 3.35. The molecule has 0 spiro atoms. The second-order valence-corrected chi connectivity index (χ2v) is 5.35. The Hall–Kier alpha value is -2.60. The Labute approximate surface area is 143 Å². The number of esters is 1. The molecule has 126 valence electrons. The SMILES string of the molecule is Cc1cc(Cl)ccc1NC(=O)COC(=O)COc1cccc(F)c1. The van der Waals surface area contributed by atoms with E-state index in [-0.39, 0.29) is 5.75 Å². The lowest BCUT2D eigenvalue weighted by atomic mass is 10.2. The van der Waals surface area contributed by atoms with E-state index in [1.807, 2.05) is 0 Å². The third-order valence-corrected chi connectivity index (χ3v) is 3.21. The van der Waals surface area contributed by atoms with E-state index in [2.05, 4.69) is 5.32 Å². The molecule has 7 heteroatoms. The third-order valence-electron chi connectivity index (χ3n) is 2.98. The zero-order valence-electron chi connectivity index (χ0n) is 12.8. The standard InChI is InChI=1S/C17H15ClFNO4/c1-11-7-12(18)5-6-15(11)20-16(21)9-24-17(22)10-23-14-4-2-3-13(19)8-14/h2-8H,9-10H2,1H3,(H,20,21). The molecule has 0 aliphatic rings. The van der Waals surface area contributed by atoms with E-state index in [4.69, 9.17) is 21.1 Å². The summed E-state index contributed by atoms with van der Waals surface area (Å²) >= 11 is 5.83. The summed E-state index contributed by atoms with van der Waals surface area (Å²) < 4.78 is 22.8. The van der Waals surface area contributed by atoms with E-state index < -0.39 is 30.9 Å². The molecule has 0 saturated carbocycles. The average molecular weight is 352 g/mol. The van der Waals surface area contributed by atoms with Crippen molar-refractivity contribution in [2.45, 2.75) is 6.92 Å². The fourth-order valence-corrected chi connectivity index (χ4v) is 2.07. The number of hydrogen-bond donors (Lipinski definition) is 1. The van der Waals surface area contributed by atoms with Gasteiger partial charge >= 0.3 is 5.97 Å². The molecule has 2 aromatic rings. The Morgan fingerprint density at radius 1 is 1.17 bits per heavy atom. The minimum absolute atomic E-state index is 0.202. The van der Waals surface area contributed by atoms with Crippen LogP contribution in [0.1, 0.15) is 5.56 Å². The summed E-state index contributed by atoms with van der Waals surface area (Å²) in [6, 6.07) is 10.4. The molecule has 0 aliphatic carbocycles. The Kier molecular flexibility index (Phi) is 6.14. The number of halogens is 2. The first-order valence-electron chi connectivity index (χ1n) is 7.04. The molecule has 0 heterocycles. The monoisotopic (exact) mass is 351 g/mol. The van der Waals surface area contributed by atoms with Gasteiger partial charge in [-0.3, -0.25) is 4.79 Å². The van der Waals surface area contributed by atoms with Crippen LogP contribution in [0.4, 0.5) is 10.1 Å². The van der Waals surface area contributed by atoms with Gasteiger partial charge in [0.05, 0.1) is 0 Å². The number of amides is 1. The van der Waals surface area contributed by atoms with Gasteiger partial charge < -0.3 is 14.8 Å². The highest BCUT2D eigenvalue weighted by molar-refractivity contribution is 6.30. The van der Waals surface area contributed by atoms with Gasteiger partial charge in [-0.1, -0.05) is 17.7 Å². The molecular weight excluding hydrogens is 337 g/mol. The van der Waals surface area contributed by atoms with Crippen molar-refractivity contribution in [2.75, 3.05) is 18.5 Å². The highest BCUT2D eigenvalue weighted by atomic mass is 35.5. The van der Waals surface area contributed by atoms with E-state index in [0.29, 0.717) is 10.7 Å². The number of rotatable bonds is 6. The first-order chi connectivity index (χ1) is 11.4. The van der Waals surface area contributed by atoms with Crippen LogP contribution in [0, 0.1) is 12.7 Å². The fourth-order valence-electron chi connectivity index (χ4n) is 1.84. The van der Waals surface area contributed by atoms with Gasteiger partial charge in [0.25, 0.3) is 5.91 Å². The molecule has 0 atom stereocenters. The van der Waals surface area contributed by atoms with Gasteiger partial charge in [0.1, 0.15) is 11.6 Å². The molecule has 0 fully saturated rings. The minimum Gasteiger partial charge on any atom is -0.482 e. The fraction of sp³-hybridized carbons (Fsp3) is 0.176. The van der Waals surface area contributed by atoms with Crippen LogP contribution in [-0.4, -0.2) is 25.1 Å². The summed E-state index contributed by atoms with van der Waals surface area (Å²) in [6.45, 7) is 0.921. The summed E-state index contributed by atoms with van der Waals surface area (Å²) in [5.74, 6) is -1.49. The number of anilines is 1. The highest BCUT2D eigenvalue weighted by Gasteiger charge is 2.10. The van der Waals surface area contributed by atoms with Crippen LogP contribution in [0.15, 0.2) is 42.5 Å². The maximum Gasteiger partial charge on any atom is 0.344 e. The van der Waals surface area contributed by atoms with Crippen molar-refractivity contribution in [3.63, 3.8) is 0 Å². The number of carbonyl (C=O) groups excluding carboxylic acids is 2. The lowest BCUT2D eigenvalue weighted by Gasteiger charge is -2.10. The van der Waals surface area contributed by atoms with E-state index in [9.17, 15) is 14.0 Å². The Bertz CT molecular complexity index is 751. The lowest BCUT2D eigenvalue weighted by molar-refractivity contribution is -0.149. The van der Waals surface area contributed by atoms with Gasteiger partial charge in [0.2, 0.25) is 0 Å². The molecule has 0 aromatic heterocycles. The number of nitrogens with one attached hydrogen (secondary N) is 1. The third kappa shape index (κ3) is 5.55. The average Bonchev–Trinajstić information content (AvgIpc) is 2.54. The van der Waals surface area contributed by atoms with Crippen LogP contribution in [0.5, 0.6) is 5.75 Å². The van der Waals surface area contributed by atoms with Gasteiger partial charge in [-0.25, -0.2) is 9.18 Å². The number of ether oxygens (including phenoxy) is 2. The zero-order chi connectivity index (χ0) is 17.5. The van der Waals surface area contributed by atoms with Crippen molar-refractivity contribution in [3.8, 4) is 5.75 Å². The zero-order valence-corrected chi connectivity index (χ0v) is 13.6. The molecule has 0 radical (unpaired) electrons. The van der Waals surface area contributed by atoms with Crippen molar-refractivity contribution in [1.82, 2.24) is 0 Å². The maximum atomic E-state index is 13.0. The van der Waals surface area contributed by atoms with Crippen LogP contribution in [0.2, 0.25) is 5.02 Å². The molecule has 24 heavy (non-hydrogen) atoms. The summed E-state index contributed by atoms with van der Waals surface area (Å²) in [5.41, 5.74) is 1.37. The van der Waals surface area contributed by atoms with Crippen molar-refractivity contribution in [3.05, 3.63) is 58.9 Å². The smallest absolute Gasteiger partial charge is 0.344 e. The second-order valence-electron chi connectivity index (χ2n) is 4.91. The van der Waals surface area contributed by atoms with Crippen molar-refractivity contribution in [1.29, 1.82) is 0 Å². The second kappa shape index (κ2) is 8.31. The topological polar surface area (TPSA) is 64.6 Å². The highest BCUT2D eigenvalue weighted by Crippen LogP contribution is 2.19. The van der Waals surface area contributed by atoms with Crippen LogP contribution >= 0.6 is 11.6 Å². The summed E-state index contributed by atoms with van der Waals surface area (Å²) in [5, 5.41) is 3.17. The quantitative estimate of drug-likeness (QED) is 0.811. The van der Waals surface area contributed by atoms with E-state index >= 15 is 0 Å². The summed E-state index contributed by atoms with van der Waals surface area (Å²) in [6.07, 6.45) is 0. The molecule has 0 unspecified atom stereocenters. The minimum atomic E-state index is -0.734. The summed E-state index contributed by atoms with van der Waals surface area (Å²) in [4.78, 5) is 23.3. The van der Waals surface area contributed by atoms with Crippen LogP contribution in [0.25, 0.3) is 0 Å². The van der Waals surface area contributed by atoms with E-state index in [0.717, 1.165) is 11.6 Å². The first-order valence-corrected chi connectivity index (χ1v) is 7.42. The van der Waals surface area contributed by atoms with Crippen LogP contribution < -0.4 is 10.1 Å². The molecule has 1 N–H and O–H groups in total. The number of aryl methyl sites for hydroxylation is 1. The summed E-state index contributed by atoms with van der Waals surface area (Å²) in [7, 11) is 0. The Balaban J connectivity index is 1.75. The largest absolute Gasteiger partial charge is 0.482 e. The Morgan fingerprint density at radius 2 is 1.96 bits per heavy atom. The molecule has 0 saturated heterocycles. The van der Waals surface area contributed by atoms with Crippen LogP contribution in [-0.2, 0) is 14.3 Å². The molecule has 2 rings (SSSR count). The normalized spacial score (nSPS) is 10.1. The molecule has 0 aliphatic heterocycles. The van der Waals surface area contributed by atoms with Gasteiger partial charge in [0.15, 0.2) is 13.2 Å². The van der Waals surface area contributed by atoms with E-state index in [1.54, 1.807) is 25.1 Å². The van der Waals surface area contributed by atoms with Crippen LogP contribution in [0.3, 0.4) is 0 Å². The number of hydrogen-bond acceptors (Lipinski definition) is 4. The van der Waals surface area contributed by atoms with Gasteiger partial charge in [-0.15, -0.1) is 0 Å². The van der Waals surface area contributed by atoms with Gasteiger partial charge in [-0.05, 0) is 42.8 Å². The molecule has 1 amide bonds. The van der Waals surface area contributed by atoms with E-state index in [1.165, 1.54) is 18.2 Å². The van der Waals surface area contributed by atoms with Crippen molar-refractivity contribution >= 4 is 29.2 Å². The van der Waals surface area contributed by atoms with Crippen molar-refractivity contribution in [2.24, 2.45) is 0 Å². The molecular formula is C17H15ClFNO4. The maximum absolute atomic E-state index is 13.0. The number of benzene rings is 2. The first kappa shape index (κ1) is 17.7. The van der Waals surface area contributed by atoms with Crippen molar-refractivity contribution < 1.29 is 23.5 Å². The molecule has 5 nitrogen and oxygen atoms in total. The Morgan fingerprint density at radius 3 is 2.67 bits per heavy atom. The molecule has 0 bridgehead atoms. The van der Waals surface area contributed by atoms with Gasteiger partial charge in [0, 0.05) is 16.8 Å². The van der Waals surface area contributed by atoms with Gasteiger partial charge in [-0.2, -0.15) is 0 Å². The molecule has 2 aromatic carbocycles.